The number of rotatable bonds is 4. The zero-order chi connectivity index (χ0) is 15.5. The van der Waals surface area contributed by atoms with Crippen molar-refractivity contribution in [3.8, 4) is 0 Å². The standard InChI is InChI=1S/C14H13BrN2O3S/c15-11-7-5-10(6-8-11)9-14(18)17-12-3-1-2-4-13(12)21(16,19)20/h1-8H,9H2,(H,17,18)(H2,16,19,20). The molecular weight excluding hydrogens is 356 g/mol. The van der Waals surface area contributed by atoms with Crippen molar-refractivity contribution in [2.24, 2.45) is 5.14 Å². The van der Waals surface area contributed by atoms with Crippen LogP contribution >= 0.6 is 15.9 Å². The zero-order valence-corrected chi connectivity index (χ0v) is 13.3. The van der Waals surface area contributed by atoms with E-state index in [0.717, 1.165) is 10.0 Å². The molecule has 2 aromatic carbocycles. The summed E-state index contributed by atoms with van der Waals surface area (Å²) in [7, 11) is -3.88. The fourth-order valence-electron chi connectivity index (χ4n) is 1.80. The lowest BCUT2D eigenvalue weighted by Gasteiger charge is -2.09. The summed E-state index contributed by atoms with van der Waals surface area (Å²) in [4.78, 5) is 11.9. The number of hydrogen-bond donors (Lipinski definition) is 2. The van der Waals surface area contributed by atoms with Gasteiger partial charge >= 0.3 is 0 Å². The minimum absolute atomic E-state index is 0.103. The van der Waals surface area contributed by atoms with Crippen molar-refractivity contribution in [3.63, 3.8) is 0 Å². The number of nitrogens with two attached hydrogens (primary N) is 1. The maximum absolute atomic E-state index is 12.0. The molecule has 0 spiro atoms. The number of anilines is 1. The van der Waals surface area contributed by atoms with E-state index in [2.05, 4.69) is 21.2 Å². The molecule has 1 amide bonds. The Balaban J connectivity index is 2.15. The molecular formula is C14H13BrN2O3S. The first-order chi connectivity index (χ1) is 9.86. The van der Waals surface area contributed by atoms with Gasteiger partial charge in [0.25, 0.3) is 0 Å². The number of halogens is 1. The third-order valence-electron chi connectivity index (χ3n) is 2.75. The summed E-state index contributed by atoms with van der Waals surface area (Å²) in [5.74, 6) is -0.312. The molecule has 0 aliphatic heterocycles. The Hall–Kier alpha value is -1.70. The Kier molecular flexibility index (Phi) is 4.76. The number of sulfonamides is 1. The lowest BCUT2D eigenvalue weighted by atomic mass is 10.1. The van der Waals surface area contributed by atoms with Gasteiger partial charge in [0, 0.05) is 4.47 Å². The molecule has 0 radical (unpaired) electrons. The summed E-state index contributed by atoms with van der Waals surface area (Å²) >= 11 is 3.32. The molecule has 0 aromatic heterocycles. The summed E-state index contributed by atoms with van der Waals surface area (Å²) in [6, 6.07) is 13.3. The topological polar surface area (TPSA) is 89.3 Å². The van der Waals surface area contributed by atoms with Crippen LogP contribution in [-0.2, 0) is 21.2 Å². The molecule has 7 heteroatoms. The fourth-order valence-corrected chi connectivity index (χ4v) is 2.76. The first-order valence-corrected chi connectivity index (χ1v) is 8.36. The van der Waals surface area contributed by atoms with Crippen molar-refractivity contribution in [1.29, 1.82) is 0 Å². The highest BCUT2D eigenvalue weighted by atomic mass is 79.9. The van der Waals surface area contributed by atoms with E-state index in [1.54, 1.807) is 12.1 Å². The molecule has 0 atom stereocenters. The second kappa shape index (κ2) is 6.38. The molecule has 0 bridgehead atoms. The predicted octanol–water partition coefficient (Wildman–Crippen LogP) is 2.28. The van der Waals surface area contributed by atoms with Crippen molar-refractivity contribution in [2.75, 3.05) is 5.32 Å². The number of hydrogen-bond acceptors (Lipinski definition) is 3. The summed E-state index contributed by atoms with van der Waals surface area (Å²) < 4.78 is 23.8. The Morgan fingerprint density at radius 2 is 1.71 bits per heavy atom. The Morgan fingerprint density at radius 1 is 1.10 bits per heavy atom. The largest absolute Gasteiger partial charge is 0.325 e. The molecule has 0 saturated carbocycles. The highest BCUT2D eigenvalue weighted by Crippen LogP contribution is 2.19. The minimum atomic E-state index is -3.88. The van der Waals surface area contributed by atoms with Crippen molar-refractivity contribution in [1.82, 2.24) is 0 Å². The van der Waals surface area contributed by atoms with Crippen molar-refractivity contribution in [2.45, 2.75) is 11.3 Å². The smallest absolute Gasteiger partial charge is 0.240 e. The van der Waals surface area contributed by atoms with Gasteiger partial charge < -0.3 is 5.32 Å². The van der Waals surface area contributed by atoms with Crippen LogP contribution in [0.2, 0.25) is 0 Å². The number of benzene rings is 2. The number of carbonyl (C=O) groups is 1. The van der Waals surface area contributed by atoms with Crippen LogP contribution in [0.5, 0.6) is 0 Å². The normalized spacial score (nSPS) is 11.1. The molecule has 21 heavy (non-hydrogen) atoms. The van der Waals surface area contributed by atoms with E-state index >= 15 is 0 Å². The first kappa shape index (κ1) is 15.7. The van der Waals surface area contributed by atoms with E-state index < -0.39 is 10.0 Å². The number of primary sulfonamides is 1. The third kappa shape index (κ3) is 4.38. The van der Waals surface area contributed by atoms with Gasteiger partial charge in [0.1, 0.15) is 4.90 Å². The van der Waals surface area contributed by atoms with Crippen LogP contribution in [-0.4, -0.2) is 14.3 Å². The Morgan fingerprint density at radius 3 is 2.33 bits per heavy atom. The monoisotopic (exact) mass is 368 g/mol. The van der Waals surface area contributed by atoms with Crippen LogP contribution in [0.3, 0.4) is 0 Å². The highest BCUT2D eigenvalue weighted by molar-refractivity contribution is 9.10. The number of carbonyl (C=O) groups excluding carboxylic acids is 1. The summed E-state index contributed by atoms with van der Waals surface area (Å²) in [5.41, 5.74) is 1.01. The predicted molar refractivity (Wildman–Crippen MR) is 84.3 cm³/mol. The average molecular weight is 369 g/mol. The molecule has 2 aromatic rings. The van der Waals surface area contributed by atoms with Crippen LogP contribution in [0.15, 0.2) is 57.9 Å². The molecule has 0 heterocycles. The highest BCUT2D eigenvalue weighted by Gasteiger charge is 2.15. The van der Waals surface area contributed by atoms with Crippen LogP contribution in [0.4, 0.5) is 5.69 Å². The summed E-state index contributed by atoms with van der Waals surface area (Å²) in [6.07, 6.45) is 0.145. The second-order valence-corrected chi connectivity index (χ2v) is 6.84. The average Bonchev–Trinajstić information content (AvgIpc) is 2.41. The van der Waals surface area contributed by atoms with Crippen LogP contribution < -0.4 is 10.5 Å². The minimum Gasteiger partial charge on any atom is -0.325 e. The fraction of sp³-hybridized carbons (Fsp3) is 0.0714. The molecule has 0 aliphatic carbocycles. The van der Waals surface area contributed by atoms with Gasteiger partial charge in [-0.3, -0.25) is 4.79 Å². The number of amides is 1. The van der Waals surface area contributed by atoms with E-state index in [9.17, 15) is 13.2 Å². The lowest BCUT2D eigenvalue weighted by molar-refractivity contribution is -0.115. The molecule has 5 nitrogen and oxygen atoms in total. The van der Waals surface area contributed by atoms with Crippen molar-refractivity contribution in [3.05, 3.63) is 58.6 Å². The van der Waals surface area contributed by atoms with Gasteiger partial charge in [0.15, 0.2) is 0 Å². The molecule has 0 saturated heterocycles. The third-order valence-corrected chi connectivity index (χ3v) is 4.24. The molecule has 3 N–H and O–H groups in total. The Bertz CT molecular complexity index is 758. The number of nitrogens with one attached hydrogen (secondary N) is 1. The SMILES string of the molecule is NS(=O)(=O)c1ccccc1NC(=O)Cc1ccc(Br)cc1. The van der Waals surface area contributed by atoms with Crippen molar-refractivity contribution >= 4 is 37.5 Å². The van der Waals surface area contributed by atoms with Crippen LogP contribution in [0, 0.1) is 0 Å². The summed E-state index contributed by atoms with van der Waals surface area (Å²) in [6.45, 7) is 0. The van der Waals surface area contributed by atoms with Gasteiger partial charge in [0.2, 0.25) is 15.9 Å². The Labute approximate surface area is 131 Å². The molecule has 2 rings (SSSR count). The van der Waals surface area contributed by atoms with Gasteiger partial charge in [-0.2, -0.15) is 0 Å². The van der Waals surface area contributed by atoms with Gasteiger partial charge in [-0.15, -0.1) is 0 Å². The zero-order valence-electron chi connectivity index (χ0n) is 10.9. The van der Waals surface area contributed by atoms with E-state index in [1.165, 1.54) is 12.1 Å². The second-order valence-electron chi connectivity index (χ2n) is 4.39. The number of para-hydroxylation sites is 1. The molecule has 0 aliphatic rings. The quantitative estimate of drug-likeness (QED) is 0.867. The summed E-state index contributed by atoms with van der Waals surface area (Å²) in [5, 5.41) is 7.69. The van der Waals surface area contributed by atoms with Gasteiger partial charge in [-0.25, -0.2) is 13.6 Å². The molecule has 110 valence electrons. The molecule has 0 fully saturated rings. The van der Waals surface area contributed by atoms with Gasteiger partial charge in [-0.1, -0.05) is 40.2 Å². The van der Waals surface area contributed by atoms with E-state index in [0.29, 0.717) is 0 Å². The maximum Gasteiger partial charge on any atom is 0.240 e. The van der Waals surface area contributed by atoms with Crippen LogP contribution in [0.25, 0.3) is 0 Å². The lowest BCUT2D eigenvalue weighted by Crippen LogP contribution is -2.19. The van der Waals surface area contributed by atoms with Gasteiger partial charge in [0.05, 0.1) is 12.1 Å². The molecule has 0 unspecified atom stereocenters. The maximum atomic E-state index is 12.0. The van der Waals surface area contributed by atoms with E-state index in [-0.39, 0.29) is 22.9 Å². The van der Waals surface area contributed by atoms with Crippen molar-refractivity contribution < 1.29 is 13.2 Å². The van der Waals surface area contributed by atoms with E-state index in [1.807, 2.05) is 24.3 Å². The van der Waals surface area contributed by atoms with E-state index in [4.69, 9.17) is 5.14 Å². The first-order valence-electron chi connectivity index (χ1n) is 6.02. The van der Waals surface area contributed by atoms with Crippen LogP contribution in [0.1, 0.15) is 5.56 Å². The van der Waals surface area contributed by atoms with Gasteiger partial charge in [-0.05, 0) is 29.8 Å².